The van der Waals surface area contributed by atoms with E-state index in [-0.39, 0.29) is 10.6 Å². The Kier molecular flexibility index (Phi) is 5.11. The summed E-state index contributed by atoms with van der Waals surface area (Å²) in [6.45, 7) is 4.06. The Morgan fingerprint density at radius 1 is 1.17 bits per heavy atom. The molecule has 150 valence electrons. The molecule has 8 nitrogen and oxygen atoms in total. The van der Waals surface area contributed by atoms with E-state index >= 15 is 0 Å². The van der Waals surface area contributed by atoms with Gasteiger partial charge in [0, 0.05) is 29.0 Å². The molecule has 0 bridgehead atoms. The topological polar surface area (TPSA) is 113 Å². The van der Waals surface area contributed by atoms with Gasteiger partial charge in [0.1, 0.15) is 11.5 Å². The zero-order valence-electron chi connectivity index (χ0n) is 16.2. The minimum Gasteiger partial charge on any atom is -0.341 e. The van der Waals surface area contributed by atoms with Gasteiger partial charge in [-0.25, -0.2) is 0 Å². The smallest absolute Gasteiger partial charge is 0.306 e. The highest BCUT2D eigenvalue weighted by Crippen LogP contribution is 2.26. The summed E-state index contributed by atoms with van der Waals surface area (Å²) < 4.78 is 0. The highest BCUT2D eigenvalue weighted by Gasteiger charge is 2.18. The Hall–Kier alpha value is -3.85. The largest absolute Gasteiger partial charge is 0.341 e. The summed E-state index contributed by atoms with van der Waals surface area (Å²) in [6, 6.07) is 12.2. The number of benzene rings is 2. The number of anilines is 2. The maximum atomic E-state index is 12.0. The number of thiazole rings is 1. The second-order valence-corrected chi connectivity index (χ2v) is 7.79. The van der Waals surface area contributed by atoms with Crippen molar-refractivity contribution in [2.75, 3.05) is 5.32 Å². The molecule has 3 aromatic rings. The summed E-state index contributed by atoms with van der Waals surface area (Å²) in [5.74, 6) is 0.569. The molecule has 2 aromatic carbocycles. The summed E-state index contributed by atoms with van der Waals surface area (Å²) in [5.41, 5.74) is 4.91. The van der Waals surface area contributed by atoms with Crippen molar-refractivity contribution in [3.05, 3.63) is 89.4 Å². The molecule has 0 amide bonds. The van der Waals surface area contributed by atoms with Crippen molar-refractivity contribution in [3.8, 4) is 0 Å². The third kappa shape index (κ3) is 3.96. The maximum Gasteiger partial charge on any atom is 0.306 e. The van der Waals surface area contributed by atoms with Gasteiger partial charge in [0.2, 0.25) is 0 Å². The van der Waals surface area contributed by atoms with Gasteiger partial charge in [-0.2, -0.15) is 5.10 Å². The molecule has 30 heavy (non-hydrogen) atoms. The molecule has 1 aliphatic heterocycles. The van der Waals surface area contributed by atoms with Gasteiger partial charge in [0.25, 0.3) is 5.69 Å². The van der Waals surface area contributed by atoms with Crippen molar-refractivity contribution in [1.29, 1.82) is 0 Å². The van der Waals surface area contributed by atoms with E-state index in [1.165, 1.54) is 17.7 Å². The number of non-ortho nitro benzene ring substituents is 1. The number of allylic oxidation sites excluding steroid dienone is 1. The van der Waals surface area contributed by atoms with E-state index in [0.717, 1.165) is 22.6 Å². The fraction of sp³-hybridized carbons (Fsp3) is 0.0952. The van der Waals surface area contributed by atoms with E-state index in [2.05, 4.69) is 20.5 Å². The van der Waals surface area contributed by atoms with Gasteiger partial charge in [-0.1, -0.05) is 29.5 Å². The molecular formula is C21H17N5O3S. The number of aromatic nitrogens is 1. The van der Waals surface area contributed by atoms with Gasteiger partial charge in [-0.05, 0) is 43.2 Å². The van der Waals surface area contributed by atoms with Crippen LogP contribution in [0.1, 0.15) is 21.6 Å². The predicted molar refractivity (Wildman–Crippen MR) is 120 cm³/mol. The van der Waals surface area contributed by atoms with E-state index < -0.39 is 4.92 Å². The van der Waals surface area contributed by atoms with Crippen molar-refractivity contribution >= 4 is 46.5 Å². The van der Waals surface area contributed by atoms with Gasteiger partial charge in [-0.15, -0.1) is 5.10 Å². The molecule has 0 saturated carbocycles. The molecule has 0 fully saturated rings. The van der Waals surface area contributed by atoms with Crippen molar-refractivity contribution < 1.29 is 4.92 Å². The molecule has 1 aliphatic rings. The Morgan fingerprint density at radius 3 is 2.77 bits per heavy atom. The molecule has 0 spiro atoms. The molecule has 0 atom stereocenters. The third-order valence-corrected chi connectivity index (χ3v) is 5.53. The monoisotopic (exact) mass is 419 g/mol. The van der Waals surface area contributed by atoms with Gasteiger partial charge in [0.05, 0.1) is 16.0 Å². The normalized spacial score (nSPS) is 14.2. The van der Waals surface area contributed by atoms with Crippen LogP contribution in [0.3, 0.4) is 0 Å². The SMILES string of the molecule is Cc1ccc(Nc2[nH]c(=O)sc2C=C2C=NN=C2c2cccc([N+](=O)[O-])c2)cc1C. The standard InChI is InChI=1S/C21H17N5O3S/c1-12-6-7-16(8-13(12)2)23-20-18(30-21(27)24-20)10-15-11-22-25-19(15)14-4-3-5-17(9-14)26(28)29/h3-11,23H,1-2H3,(H,24,27). The molecule has 0 aliphatic carbocycles. The molecule has 1 aromatic heterocycles. The van der Waals surface area contributed by atoms with Gasteiger partial charge in [-0.3, -0.25) is 19.9 Å². The Balaban J connectivity index is 1.68. The lowest BCUT2D eigenvalue weighted by molar-refractivity contribution is -0.384. The summed E-state index contributed by atoms with van der Waals surface area (Å²) in [6.07, 6.45) is 3.36. The molecule has 0 unspecified atom stereocenters. The molecule has 2 heterocycles. The average molecular weight is 419 g/mol. The van der Waals surface area contributed by atoms with Gasteiger partial charge >= 0.3 is 4.87 Å². The summed E-state index contributed by atoms with van der Waals surface area (Å²) in [7, 11) is 0. The molecule has 2 N–H and O–H groups in total. The van der Waals surface area contributed by atoms with Crippen molar-refractivity contribution in [3.63, 3.8) is 0 Å². The number of nitrogens with zero attached hydrogens (tertiary/aromatic N) is 3. The minimum absolute atomic E-state index is 0.0233. The van der Waals surface area contributed by atoms with Gasteiger partial charge < -0.3 is 5.32 Å². The Bertz CT molecular complexity index is 1300. The zero-order valence-corrected chi connectivity index (χ0v) is 17.0. The second kappa shape index (κ2) is 7.88. The first kappa shape index (κ1) is 19.5. The fourth-order valence-electron chi connectivity index (χ4n) is 3.00. The van der Waals surface area contributed by atoms with E-state index in [9.17, 15) is 14.9 Å². The molecule has 4 rings (SSSR count). The van der Waals surface area contributed by atoms with Crippen LogP contribution in [0, 0.1) is 24.0 Å². The number of nitrogens with one attached hydrogen (secondary N) is 2. The number of nitro benzene ring substituents is 1. The number of rotatable bonds is 5. The Morgan fingerprint density at radius 2 is 2.00 bits per heavy atom. The van der Waals surface area contributed by atoms with Crippen molar-refractivity contribution in [2.45, 2.75) is 13.8 Å². The van der Waals surface area contributed by atoms with Crippen LogP contribution in [0.25, 0.3) is 6.08 Å². The first-order valence-electron chi connectivity index (χ1n) is 9.06. The summed E-state index contributed by atoms with van der Waals surface area (Å²) in [5, 5.41) is 22.4. The lowest BCUT2D eigenvalue weighted by Crippen LogP contribution is -2.03. The van der Waals surface area contributed by atoms with Crippen LogP contribution in [-0.2, 0) is 0 Å². The molecule has 0 saturated heterocycles. The lowest BCUT2D eigenvalue weighted by atomic mass is 10.0. The number of nitro groups is 1. The third-order valence-electron chi connectivity index (χ3n) is 4.70. The summed E-state index contributed by atoms with van der Waals surface area (Å²) >= 11 is 1.06. The fourth-order valence-corrected chi connectivity index (χ4v) is 3.75. The minimum atomic E-state index is -0.452. The van der Waals surface area contributed by atoms with Crippen molar-refractivity contribution in [1.82, 2.24) is 4.98 Å². The van der Waals surface area contributed by atoms with Crippen LogP contribution in [-0.4, -0.2) is 21.8 Å². The number of hydrogen-bond acceptors (Lipinski definition) is 7. The molecule has 9 heteroatoms. The number of aromatic amines is 1. The van der Waals surface area contributed by atoms with E-state index in [0.29, 0.717) is 27.5 Å². The van der Waals surface area contributed by atoms with Crippen LogP contribution in [0.4, 0.5) is 17.2 Å². The van der Waals surface area contributed by atoms with E-state index in [4.69, 9.17) is 0 Å². The van der Waals surface area contributed by atoms with Gasteiger partial charge in [0.15, 0.2) is 0 Å². The first-order valence-corrected chi connectivity index (χ1v) is 9.87. The highest BCUT2D eigenvalue weighted by atomic mass is 32.1. The molecular weight excluding hydrogens is 402 g/mol. The van der Waals surface area contributed by atoms with Crippen molar-refractivity contribution in [2.24, 2.45) is 10.2 Å². The van der Waals surface area contributed by atoms with Crippen LogP contribution in [0.2, 0.25) is 0 Å². The van der Waals surface area contributed by atoms with Crippen LogP contribution >= 0.6 is 11.3 Å². The Labute approximate surface area is 175 Å². The van der Waals surface area contributed by atoms with Crippen LogP contribution < -0.4 is 10.2 Å². The van der Waals surface area contributed by atoms with E-state index in [1.807, 2.05) is 32.0 Å². The average Bonchev–Trinajstić information content (AvgIpc) is 3.31. The quantitative estimate of drug-likeness (QED) is 0.465. The summed E-state index contributed by atoms with van der Waals surface area (Å²) in [4.78, 5) is 25.9. The zero-order chi connectivity index (χ0) is 21.3. The van der Waals surface area contributed by atoms with Crippen LogP contribution in [0.15, 0.2) is 63.0 Å². The highest BCUT2D eigenvalue weighted by molar-refractivity contribution is 7.10. The predicted octanol–water partition coefficient (Wildman–Crippen LogP) is 4.58. The first-order chi connectivity index (χ1) is 14.4. The number of hydrogen-bond donors (Lipinski definition) is 2. The maximum absolute atomic E-state index is 12.0. The number of H-pyrrole nitrogens is 1. The van der Waals surface area contributed by atoms with E-state index in [1.54, 1.807) is 24.4 Å². The molecule has 0 radical (unpaired) electrons. The van der Waals surface area contributed by atoms with Crippen LogP contribution in [0.5, 0.6) is 0 Å². The lowest BCUT2D eigenvalue weighted by Gasteiger charge is -2.08. The number of aryl methyl sites for hydroxylation is 2. The second-order valence-electron chi connectivity index (χ2n) is 6.78.